The van der Waals surface area contributed by atoms with Crippen molar-refractivity contribution >= 4 is 28.3 Å². The van der Waals surface area contributed by atoms with Gasteiger partial charge < -0.3 is 5.32 Å². The first-order chi connectivity index (χ1) is 7.65. The van der Waals surface area contributed by atoms with Crippen LogP contribution in [0.25, 0.3) is 0 Å². The first-order valence-corrected chi connectivity index (χ1v) is 5.65. The van der Waals surface area contributed by atoms with Crippen LogP contribution in [0.4, 0.5) is 10.1 Å². The van der Waals surface area contributed by atoms with Crippen molar-refractivity contribution in [2.45, 2.75) is 6.54 Å². The van der Waals surface area contributed by atoms with Crippen molar-refractivity contribution in [2.75, 3.05) is 5.32 Å². The number of hydrogen-bond donors (Lipinski definition) is 1. The van der Waals surface area contributed by atoms with Gasteiger partial charge in [0, 0.05) is 9.26 Å². The summed E-state index contributed by atoms with van der Waals surface area (Å²) in [4.78, 5) is 1.40. The SMILES string of the molecule is Cn1nnc(CNc2ccc(F)cc2I)n1. The topological polar surface area (TPSA) is 55.6 Å². The van der Waals surface area contributed by atoms with Crippen LogP contribution in [0, 0.1) is 9.39 Å². The fourth-order valence-electron chi connectivity index (χ4n) is 1.20. The van der Waals surface area contributed by atoms with Gasteiger partial charge in [0.2, 0.25) is 0 Å². The molecule has 1 aromatic carbocycles. The second-order valence-corrected chi connectivity index (χ2v) is 4.34. The van der Waals surface area contributed by atoms with Crippen LogP contribution in [0.3, 0.4) is 0 Å². The first kappa shape index (κ1) is 11.2. The fraction of sp³-hybridized carbons (Fsp3) is 0.222. The Balaban J connectivity index is 2.04. The van der Waals surface area contributed by atoms with Crippen molar-refractivity contribution in [1.82, 2.24) is 20.2 Å². The third-order valence-corrected chi connectivity index (χ3v) is 2.81. The molecule has 2 rings (SSSR count). The van der Waals surface area contributed by atoms with Gasteiger partial charge in [0.05, 0.1) is 13.6 Å². The van der Waals surface area contributed by atoms with Gasteiger partial charge in [-0.1, -0.05) is 0 Å². The lowest BCUT2D eigenvalue weighted by molar-refractivity contribution is 0.627. The van der Waals surface area contributed by atoms with E-state index in [2.05, 4.69) is 43.3 Å². The molecule has 0 spiro atoms. The molecule has 84 valence electrons. The zero-order valence-electron chi connectivity index (χ0n) is 8.48. The Morgan fingerprint density at radius 1 is 1.50 bits per heavy atom. The third-order valence-electron chi connectivity index (χ3n) is 1.92. The number of aromatic nitrogens is 4. The van der Waals surface area contributed by atoms with Gasteiger partial charge in [-0.25, -0.2) is 4.39 Å². The average molecular weight is 333 g/mol. The van der Waals surface area contributed by atoms with E-state index >= 15 is 0 Å². The summed E-state index contributed by atoms with van der Waals surface area (Å²) in [5.74, 6) is 0.357. The smallest absolute Gasteiger partial charge is 0.193 e. The van der Waals surface area contributed by atoms with Crippen LogP contribution in [0.5, 0.6) is 0 Å². The van der Waals surface area contributed by atoms with Gasteiger partial charge >= 0.3 is 0 Å². The largest absolute Gasteiger partial charge is 0.377 e. The maximum absolute atomic E-state index is 12.8. The highest BCUT2D eigenvalue weighted by molar-refractivity contribution is 14.1. The van der Waals surface area contributed by atoms with E-state index in [-0.39, 0.29) is 5.82 Å². The Morgan fingerprint density at radius 3 is 2.94 bits per heavy atom. The number of hydrogen-bond acceptors (Lipinski definition) is 4. The molecule has 0 unspecified atom stereocenters. The van der Waals surface area contributed by atoms with Gasteiger partial charge in [0.15, 0.2) is 5.82 Å². The Hall–Kier alpha value is -1.25. The molecule has 1 aromatic heterocycles. The number of nitrogens with one attached hydrogen (secondary N) is 1. The fourth-order valence-corrected chi connectivity index (χ4v) is 1.87. The maximum atomic E-state index is 12.8. The number of aryl methyl sites for hydroxylation is 1. The average Bonchev–Trinajstić information content (AvgIpc) is 2.63. The van der Waals surface area contributed by atoms with E-state index < -0.39 is 0 Å². The maximum Gasteiger partial charge on any atom is 0.193 e. The Labute approximate surface area is 105 Å². The zero-order chi connectivity index (χ0) is 11.5. The van der Waals surface area contributed by atoms with Gasteiger partial charge in [0.25, 0.3) is 0 Å². The van der Waals surface area contributed by atoms with E-state index in [1.807, 2.05) is 0 Å². The minimum atomic E-state index is -0.243. The van der Waals surface area contributed by atoms with Crippen molar-refractivity contribution in [3.05, 3.63) is 33.4 Å². The van der Waals surface area contributed by atoms with E-state index in [1.165, 1.54) is 16.9 Å². The minimum Gasteiger partial charge on any atom is -0.377 e. The molecule has 1 N–H and O–H groups in total. The molecule has 0 saturated carbocycles. The summed E-state index contributed by atoms with van der Waals surface area (Å²) < 4.78 is 13.7. The molecule has 5 nitrogen and oxygen atoms in total. The molecule has 0 radical (unpaired) electrons. The Bertz CT molecular complexity index is 498. The molecule has 0 aliphatic rings. The normalized spacial score (nSPS) is 10.4. The molecule has 16 heavy (non-hydrogen) atoms. The Morgan fingerprint density at radius 2 is 2.31 bits per heavy atom. The Kier molecular flexibility index (Phi) is 3.32. The summed E-state index contributed by atoms with van der Waals surface area (Å²) in [7, 11) is 1.71. The summed E-state index contributed by atoms with van der Waals surface area (Å²) >= 11 is 2.07. The molecule has 0 fully saturated rings. The molecular formula is C9H9FIN5. The number of anilines is 1. The summed E-state index contributed by atoms with van der Waals surface area (Å²) in [6, 6.07) is 4.56. The molecule has 0 aliphatic carbocycles. The van der Waals surface area contributed by atoms with Crippen LogP contribution < -0.4 is 5.32 Å². The molecule has 0 atom stereocenters. The van der Waals surface area contributed by atoms with Crippen molar-refractivity contribution in [3.8, 4) is 0 Å². The van der Waals surface area contributed by atoms with E-state index in [4.69, 9.17) is 0 Å². The van der Waals surface area contributed by atoms with Crippen molar-refractivity contribution in [3.63, 3.8) is 0 Å². The van der Waals surface area contributed by atoms with Crippen molar-refractivity contribution in [1.29, 1.82) is 0 Å². The minimum absolute atomic E-state index is 0.243. The summed E-state index contributed by atoms with van der Waals surface area (Å²) in [5.41, 5.74) is 0.856. The van der Waals surface area contributed by atoms with E-state index in [1.54, 1.807) is 13.1 Å². The van der Waals surface area contributed by atoms with Gasteiger partial charge in [-0.3, -0.25) is 0 Å². The molecular weight excluding hydrogens is 324 g/mol. The van der Waals surface area contributed by atoms with Gasteiger partial charge in [-0.15, -0.1) is 10.2 Å². The highest BCUT2D eigenvalue weighted by Gasteiger charge is 2.03. The van der Waals surface area contributed by atoms with Crippen LogP contribution in [-0.4, -0.2) is 20.2 Å². The quantitative estimate of drug-likeness (QED) is 0.867. The molecule has 1 heterocycles. The molecule has 2 aromatic rings. The second kappa shape index (κ2) is 4.73. The monoisotopic (exact) mass is 333 g/mol. The second-order valence-electron chi connectivity index (χ2n) is 3.17. The molecule has 0 amide bonds. The van der Waals surface area contributed by atoms with Crippen LogP contribution in [0.1, 0.15) is 5.82 Å². The number of tetrazole rings is 1. The molecule has 0 bridgehead atoms. The lowest BCUT2D eigenvalue weighted by atomic mass is 10.3. The molecule has 7 heteroatoms. The standard InChI is InChI=1S/C9H9FIN5/c1-16-14-9(13-15-16)5-12-8-3-2-6(10)4-7(8)11/h2-4,12H,5H2,1H3. The van der Waals surface area contributed by atoms with Crippen LogP contribution in [0.15, 0.2) is 18.2 Å². The van der Waals surface area contributed by atoms with Crippen LogP contribution >= 0.6 is 22.6 Å². The summed E-state index contributed by atoms with van der Waals surface area (Å²) in [6.45, 7) is 0.468. The van der Waals surface area contributed by atoms with E-state index in [9.17, 15) is 4.39 Å². The van der Waals surface area contributed by atoms with Crippen molar-refractivity contribution < 1.29 is 4.39 Å². The number of benzene rings is 1. The van der Waals surface area contributed by atoms with Crippen LogP contribution in [-0.2, 0) is 13.6 Å². The van der Waals surface area contributed by atoms with Gasteiger partial charge in [-0.2, -0.15) is 4.80 Å². The summed E-state index contributed by atoms with van der Waals surface area (Å²) in [5, 5.41) is 14.7. The molecule has 0 aliphatic heterocycles. The zero-order valence-corrected chi connectivity index (χ0v) is 10.6. The van der Waals surface area contributed by atoms with Crippen LogP contribution in [0.2, 0.25) is 0 Å². The van der Waals surface area contributed by atoms with Gasteiger partial charge in [0.1, 0.15) is 5.82 Å². The first-order valence-electron chi connectivity index (χ1n) is 4.57. The number of rotatable bonds is 3. The predicted molar refractivity (Wildman–Crippen MR) is 65.2 cm³/mol. The third kappa shape index (κ3) is 2.65. The van der Waals surface area contributed by atoms with E-state index in [0.717, 1.165) is 9.26 Å². The highest BCUT2D eigenvalue weighted by atomic mass is 127. The lowest BCUT2D eigenvalue weighted by Gasteiger charge is -2.05. The number of nitrogens with zero attached hydrogens (tertiary/aromatic N) is 4. The van der Waals surface area contributed by atoms with E-state index in [0.29, 0.717) is 12.4 Å². The lowest BCUT2D eigenvalue weighted by Crippen LogP contribution is -2.03. The number of halogens is 2. The predicted octanol–water partition coefficient (Wildman–Crippen LogP) is 1.57. The van der Waals surface area contributed by atoms with Gasteiger partial charge in [-0.05, 0) is 46.0 Å². The van der Waals surface area contributed by atoms with Crippen molar-refractivity contribution in [2.24, 2.45) is 7.05 Å². The highest BCUT2D eigenvalue weighted by Crippen LogP contribution is 2.19. The molecule has 0 saturated heterocycles. The summed E-state index contributed by atoms with van der Waals surface area (Å²) in [6.07, 6.45) is 0.